The van der Waals surface area contributed by atoms with Crippen molar-refractivity contribution in [1.29, 1.82) is 0 Å². The first-order valence-corrected chi connectivity index (χ1v) is 3.24. The molecule has 0 rings (SSSR count). The number of unbranched alkanes of at least 4 members (excludes halogenated alkanes) is 1. The summed E-state index contributed by atoms with van der Waals surface area (Å²) in [7, 11) is 0. The van der Waals surface area contributed by atoms with Crippen LogP contribution in [0.3, 0.4) is 0 Å². The van der Waals surface area contributed by atoms with Crippen LogP contribution in [0, 0.1) is 0 Å². The highest BCUT2D eigenvalue weighted by atomic mass is 16.2. The van der Waals surface area contributed by atoms with Gasteiger partial charge in [0.25, 0.3) is 5.78 Å². The van der Waals surface area contributed by atoms with Gasteiger partial charge >= 0.3 is 0 Å². The number of ketones is 2. The molecular formula is C7H10O3. The first-order chi connectivity index (χ1) is 4.72. The van der Waals surface area contributed by atoms with E-state index in [4.69, 9.17) is 0 Å². The van der Waals surface area contributed by atoms with E-state index in [1.165, 1.54) is 0 Å². The number of aldehydes is 1. The number of hydrogen-bond donors (Lipinski definition) is 0. The molecule has 0 aromatic rings. The van der Waals surface area contributed by atoms with E-state index in [-0.39, 0.29) is 12.7 Å². The summed E-state index contributed by atoms with van der Waals surface area (Å²) in [6.07, 6.45) is 1.81. The first kappa shape index (κ1) is 9.01. The molecule has 56 valence electrons. The van der Waals surface area contributed by atoms with Crippen LogP contribution in [0.5, 0.6) is 0 Å². The zero-order valence-corrected chi connectivity index (χ0v) is 5.92. The lowest BCUT2D eigenvalue weighted by atomic mass is 10.1. The predicted octanol–water partition coefficient (Wildman–Crippen LogP) is 0.514. The van der Waals surface area contributed by atoms with Crippen molar-refractivity contribution in [3.8, 4) is 0 Å². The van der Waals surface area contributed by atoms with Crippen molar-refractivity contribution in [2.75, 3.05) is 0 Å². The Morgan fingerprint density at radius 1 is 1.40 bits per heavy atom. The average molecular weight is 142 g/mol. The third-order valence-corrected chi connectivity index (χ3v) is 1.14. The molecule has 0 bridgehead atoms. The molecule has 0 aliphatic carbocycles. The lowest BCUT2D eigenvalue weighted by Gasteiger charge is -1.90. The highest BCUT2D eigenvalue weighted by Gasteiger charge is 2.09. The van der Waals surface area contributed by atoms with Gasteiger partial charge in [-0.2, -0.15) is 0 Å². The van der Waals surface area contributed by atoms with E-state index >= 15 is 0 Å². The van der Waals surface area contributed by atoms with Crippen LogP contribution < -0.4 is 0 Å². The van der Waals surface area contributed by atoms with Gasteiger partial charge in [0.15, 0.2) is 6.29 Å². The topological polar surface area (TPSA) is 51.2 Å². The maximum Gasteiger partial charge on any atom is 0.260 e. The summed E-state index contributed by atoms with van der Waals surface area (Å²) in [5.41, 5.74) is 0. The van der Waals surface area contributed by atoms with E-state index in [9.17, 15) is 14.4 Å². The van der Waals surface area contributed by atoms with Crippen LogP contribution in [0.2, 0.25) is 0 Å². The first-order valence-electron chi connectivity index (χ1n) is 3.24. The molecule has 0 heterocycles. The van der Waals surface area contributed by atoms with E-state index < -0.39 is 11.6 Å². The van der Waals surface area contributed by atoms with Crippen molar-refractivity contribution in [1.82, 2.24) is 0 Å². The van der Waals surface area contributed by atoms with Crippen LogP contribution in [0.4, 0.5) is 0 Å². The standard InChI is InChI=1S/C7H10O3/c1-2-3-4-6(9)7(10)5-8/h5H,2-4H2,1H3. The molecule has 3 nitrogen and oxygen atoms in total. The Balaban J connectivity index is 3.62. The Morgan fingerprint density at radius 3 is 2.40 bits per heavy atom. The van der Waals surface area contributed by atoms with Gasteiger partial charge in [-0.05, 0) is 6.42 Å². The molecule has 0 saturated heterocycles. The quantitative estimate of drug-likeness (QED) is 0.319. The third kappa shape index (κ3) is 3.12. The van der Waals surface area contributed by atoms with Crippen molar-refractivity contribution >= 4 is 17.9 Å². The Kier molecular flexibility index (Phi) is 4.37. The zero-order valence-electron chi connectivity index (χ0n) is 5.92. The lowest BCUT2D eigenvalue weighted by Crippen LogP contribution is -2.13. The summed E-state index contributed by atoms with van der Waals surface area (Å²) in [5, 5.41) is 0. The molecule has 0 amide bonds. The predicted molar refractivity (Wildman–Crippen MR) is 35.6 cm³/mol. The molecular weight excluding hydrogens is 132 g/mol. The summed E-state index contributed by atoms with van der Waals surface area (Å²) in [5.74, 6) is -1.48. The minimum atomic E-state index is -0.909. The van der Waals surface area contributed by atoms with Gasteiger partial charge in [0.05, 0.1) is 0 Å². The normalized spacial score (nSPS) is 8.90. The Morgan fingerprint density at radius 2 is 2.00 bits per heavy atom. The SMILES string of the molecule is CCCCC(=O)C(=O)C=O. The number of rotatable bonds is 5. The van der Waals surface area contributed by atoms with Gasteiger partial charge in [-0.25, -0.2) is 0 Å². The molecule has 0 unspecified atom stereocenters. The highest BCUT2D eigenvalue weighted by Crippen LogP contribution is 1.94. The zero-order chi connectivity index (χ0) is 7.98. The summed E-state index contributed by atoms with van der Waals surface area (Å²) in [6, 6.07) is 0. The number of carbonyl (C=O) groups excluding carboxylic acids is 3. The molecule has 0 N–H and O–H groups in total. The molecule has 0 aliphatic heterocycles. The molecule has 0 fully saturated rings. The summed E-state index contributed by atoms with van der Waals surface area (Å²) in [6.45, 7) is 1.92. The highest BCUT2D eigenvalue weighted by molar-refractivity contribution is 6.57. The molecule has 3 heteroatoms. The summed E-state index contributed by atoms with van der Waals surface area (Å²) < 4.78 is 0. The van der Waals surface area contributed by atoms with E-state index in [1.807, 2.05) is 6.92 Å². The Hall–Kier alpha value is -0.990. The van der Waals surface area contributed by atoms with Crippen molar-refractivity contribution < 1.29 is 14.4 Å². The van der Waals surface area contributed by atoms with Crippen LogP contribution in [0.25, 0.3) is 0 Å². The largest absolute Gasteiger partial charge is 0.294 e. The van der Waals surface area contributed by atoms with Crippen molar-refractivity contribution in [3.05, 3.63) is 0 Å². The van der Waals surface area contributed by atoms with Crippen LogP contribution >= 0.6 is 0 Å². The van der Waals surface area contributed by atoms with Crippen molar-refractivity contribution in [2.24, 2.45) is 0 Å². The molecule has 0 aromatic heterocycles. The van der Waals surface area contributed by atoms with Gasteiger partial charge in [0, 0.05) is 6.42 Å². The fourth-order valence-electron chi connectivity index (χ4n) is 0.526. The Labute approximate surface area is 59.4 Å². The van der Waals surface area contributed by atoms with Gasteiger partial charge < -0.3 is 0 Å². The van der Waals surface area contributed by atoms with E-state index in [1.54, 1.807) is 0 Å². The van der Waals surface area contributed by atoms with Crippen LogP contribution in [0.1, 0.15) is 26.2 Å². The number of Topliss-reactive ketones (excluding diaryl/α,β-unsaturated/α-hetero) is 2. The molecule has 0 spiro atoms. The second kappa shape index (κ2) is 4.85. The maximum atomic E-state index is 10.6. The summed E-state index contributed by atoms with van der Waals surface area (Å²) in [4.78, 5) is 30.6. The molecule has 0 aromatic carbocycles. The van der Waals surface area contributed by atoms with Gasteiger partial charge in [-0.1, -0.05) is 13.3 Å². The minimum Gasteiger partial charge on any atom is -0.294 e. The maximum absolute atomic E-state index is 10.6. The molecule has 0 radical (unpaired) electrons. The van der Waals surface area contributed by atoms with E-state index in [0.29, 0.717) is 6.42 Å². The number of carbonyl (C=O) groups is 3. The van der Waals surface area contributed by atoms with Gasteiger partial charge in [-0.15, -0.1) is 0 Å². The van der Waals surface area contributed by atoms with E-state index in [2.05, 4.69) is 0 Å². The Bertz CT molecular complexity index is 149. The fourth-order valence-corrected chi connectivity index (χ4v) is 0.526. The van der Waals surface area contributed by atoms with Crippen molar-refractivity contribution in [3.63, 3.8) is 0 Å². The fraction of sp³-hybridized carbons (Fsp3) is 0.571. The van der Waals surface area contributed by atoms with Gasteiger partial charge in [0.2, 0.25) is 5.78 Å². The molecule has 10 heavy (non-hydrogen) atoms. The second-order valence-corrected chi connectivity index (χ2v) is 2.01. The van der Waals surface area contributed by atoms with Crippen LogP contribution in [-0.4, -0.2) is 17.9 Å². The third-order valence-electron chi connectivity index (χ3n) is 1.14. The second-order valence-electron chi connectivity index (χ2n) is 2.01. The van der Waals surface area contributed by atoms with E-state index in [0.717, 1.165) is 6.42 Å². The molecule has 0 aliphatic rings. The molecule has 0 atom stereocenters. The number of hydrogen-bond acceptors (Lipinski definition) is 3. The lowest BCUT2D eigenvalue weighted by molar-refractivity contribution is -0.140. The average Bonchev–Trinajstić information content (AvgIpc) is 1.98. The summed E-state index contributed by atoms with van der Waals surface area (Å²) >= 11 is 0. The monoisotopic (exact) mass is 142 g/mol. The van der Waals surface area contributed by atoms with Crippen LogP contribution in [-0.2, 0) is 14.4 Å². The smallest absolute Gasteiger partial charge is 0.260 e. The van der Waals surface area contributed by atoms with Gasteiger partial charge in [0.1, 0.15) is 0 Å². The van der Waals surface area contributed by atoms with Gasteiger partial charge in [-0.3, -0.25) is 14.4 Å². The minimum absolute atomic E-state index is 0.0675. The molecule has 0 saturated carbocycles. The van der Waals surface area contributed by atoms with Crippen LogP contribution in [0.15, 0.2) is 0 Å². The van der Waals surface area contributed by atoms with Crippen molar-refractivity contribution in [2.45, 2.75) is 26.2 Å².